The zero-order valence-corrected chi connectivity index (χ0v) is 11.3. The summed E-state index contributed by atoms with van der Waals surface area (Å²) in [7, 11) is 0. The van der Waals surface area contributed by atoms with Crippen LogP contribution in [0.5, 0.6) is 0 Å². The molecule has 0 bridgehead atoms. The fourth-order valence-electron chi connectivity index (χ4n) is 2.56. The first-order valence-electron chi connectivity index (χ1n) is 6.94. The molecule has 2 saturated heterocycles. The van der Waals surface area contributed by atoms with Crippen molar-refractivity contribution in [3.63, 3.8) is 0 Å². The van der Waals surface area contributed by atoms with E-state index in [4.69, 9.17) is 9.84 Å². The number of carbonyl (C=O) groups excluding carboxylic acids is 2. The molecule has 112 valence electrons. The molecule has 2 aliphatic heterocycles. The van der Waals surface area contributed by atoms with Gasteiger partial charge < -0.3 is 20.1 Å². The molecular weight excluding hydrogens is 264 g/mol. The summed E-state index contributed by atoms with van der Waals surface area (Å²) in [5, 5.41) is 11.9. The average Bonchev–Trinajstić information content (AvgIpc) is 2.42. The number of carboxylic acids is 1. The third kappa shape index (κ3) is 3.93. The molecule has 7 nitrogen and oxygen atoms in total. The number of amides is 2. The molecule has 2 rings (SSSR count). The maximum Gasteiger partial charge on any atom is 0.308 e. The van der Waals surface area contributed by atoms with E-state index in [0.717, 1.165) is 12.8 Å². The highest BCUT2D eigenvalue weighted by Gasteiger charge is 2.31. The molecule has 0 saturated carbocycles. The van der Waals surface area contributed by atoms with E-state index < -0.39 is 11.9 Å². The van der Waals surface area contributed by atoms with Gasteiger partial charge in [0.1, 0.15) is 0 Å². The number of nitrogens with one attached hydrogen (secondary N) is 1. The number of rotatable bonds is 4. The van der Waals surface area contributed by atoms with Crippen molar-refractivity contribution in [3.8, 4) is 0 Å². The molecule has 0 aromatic rings. The Labute approximate surface area is 117 Å². The van der Waals surface area contributed by atoms with Crippen LogP contribution in [0.4, 0.5) is 0 Å². The van der Waals surface area contributed by atoms with Gasteiger partial charge >= 0.3 is 5.97 Å². The van der Waals surface area contributed by atoms with Crippen molar-refractivity contribution in [3.05, 3.63) is 0 Å². The van der Waals surface area contributed by atoms with Gasteiger partial charge in [-0.05, 0) is 19.3 Å². The number of piperidine rings is 1. The average molecular weight is 284 g/mol. The number of carboxylic acid groups (broad SMARTS) is 1. The Morgan fingerprint density at radius 1 is 1.30 bits per heavy atom. The summed E-state index contributed by atoms with van der Waals surface area (Å²) in [5.74, 6) is -1.85. The van der Waals surface area contributed by atoms with Crippen LogP contribution in [-0.4, -0.2) is 60.1 Å². The topological polar surface area (TPSA) is 95.9 Å². The van der Waals surface area contributed by atoms with Gasteiger partial charge in [-0.1, -0.05) is 0 Å². The lowest BCUT2D eigenvalue weighted by Crippen LogP contribution is -2.49. The summed E-state index contributed by atoms with van der Waals surface area (Å²) in [6.07, 6.45) is 2.10. The minimum Gasteiger partial charge on any atom is -0.481 e. The number of nitrogens with zero attached hydrogens (tertiary/aromatic N) is 1. The van der Waals surface area contributed by atoms with Crippen LogP contribution in [0.25, 0.3) is 0 Å². The second-order valence-corrected chi connectivity index (χ2v) is 5.30. The minimum absolute atomic E-state index is 0.0556. The first-order chi connectivity index (χ1) is 9.56. The van der Waals surface area contributed by atoms with E-state index in [2.05, 4.69) is 5.32 Å². The van der Waals surface area contributed by atoms with Crippen LogP contribution in [0.3, 0.4) is 0 Å². The summed E-state index contributed by atoms with van der Waals surface area (Å²) in [6, 6.07) is 0.0893. The molecule has 2 aliphatic rings. The van der Waals surface area contributed by atoms with Crippen molar-refractivity contribution in [2.45, 2.75) is 31.7 Å². The number of carbonyl (C=O) groups is 3. The zero-order valence-electron chi connectivity index (χ0n) is 11.3. The van der Waals surface area contributed by atoms with Crippen molar-refractivity contribution in [2.75, 3.05) is 26.3 Å². The molecule has 2 fully saturated rings. The Balaban J connectivity index is 1.82. The van der Waals surface area contributed by atoms with Gasteiger partial charge in [-0.25, -0.2) is 0 Å². The van der Waals surface area contributed by atoms with Gasteiger partial charge in [0.15, 0.2) is 0 Å². The molecule has 0 radical (unpaired) electrons. The molecule has 1 atom stereocenters. The molecular formula is C13H20N2O5. The number of ether oxygens (including phenoxy) is 1. The predicted molar refractivity (Wildman–Crippen MR) is 68.9 cm³/mol. The number of aliphatic carboxylic acids is 1. The second kappa shape index (κ2) is 6.69. The predicted octanol–water partition coefficient (Wildman–Crippen LogP) is -0.395. The second-order valence-electron chi connectivity index (χ2n) is 5.30. The van der Waals surface area contributed by atoms with Crippen molar-refractivity contribution < 1.29 is 24.2 Å². The summed E-state index contributed by atoms with van der Waals surface area (Å²) < 4.78 is 5.21. The lowest BCUT2D eigenvalue weighted by atomic mass is 9.98. The Bertz CT molecular complexity index is 392. The van der Waals surface area contributed by atoms with E-state index in [0.29, 0.717) is 19.6 Å². The van der Waals surface area contributed by atoms with Crippen LogP contribution >= 0.6 is 0 Å². The zero-order chi connectivity index (χ0) is 14.5. The molecule has 1 unspecified atom stereocenters. The first kappa shape index (κ1) is 14.8. The lowest BCUT2D eigenvalue weighted by Gasteiger charge is -2.31. The van der Waals surface area contributed by atoms with Crippen LogP contribution in [-0.2, 0) is 19.1 Å². The lowest BCUT2D eigenvalue weighted by molar-refractivity contribution is -0.149. The van der Waals surface area contributed by atoms with Crippen molar-refractivity contribution in [1.82, 2.24) is 10.2 Å². The Kier molecular flexibility index (Phi) is 4.94. The molecule has 0 aromatic carbocycles. The summed E-state index contributed by atoms with van der Waals surface area (Å²) >= 11 is 0. The SMILES string of the molecule is O=C(CN1CC(C(=O)O)CCC1=O)NC1CCOCC1. The van der Waals surface area contributed by atoms with E-state index in [-0.39, 0.29) is 37.4 Å². The highest BCUT2D eigenvalue weighted by molar-refractivity contribution is 5.86. The molecule has 20 heavy (non-hydrogen) atoms. The number of hydrogen-bond donors (Lipinski definition) is 2. The normalized spacial score (nSPS) is 24.5. The standard InChI is InChI=1S/C13H20N2O5/c16-11(14-10-3-5-20-6-4-10)8-15-7-9(13(18)19)1-2-12(15)17/h9-10H,1-8H2,(H,14,16)(H,18,19). The molecule has 0 aliphatic carbocycles. The van der Waals surface area contributed by atoms with E-state index in [1.165, 1.54) is 4.90 Å². The number of likely N-dealkylation sites (tertiary alicyclic amines) is 1. The summed E-state index contributed by atoms with van der Waals surface area (Å²) in [6.45, 7) is 1.33. The minimum atomic E-state index is -0.910. The van der Waals surface area contributed by atoms with Gasteiger partial charge in [-0.3, -0.25) is 14.4 Å². The Morgan fingerprint density at radius 3 is 2.65 bits per heavy atom. The van der Waals surface area contributed by atoms with E-state index >= 15 is 0 Å². The smallest absolute Gasteiger partial charge is 0.308 e. The quantitative estimate of drug-likeness (QED) is 0.732. The van der Waals surface area contributed by atoms with Gasteiger partial charge in [-0.15, -0.1) is 0 Å². The van der Waals surface area contributed by atoms with Crippen LogP contribution in [0.2, 0.25) is 0 Å². The summed E-state index contributed by atoms with van der Waals surface area (Å²) in [5.41, 5.74) is 0. The summed E-state index contributed by atoms with van der Waals surface area (Å²) in [4.78, 5) is 35.9. The Morgan fingerprint density at radius 2 is 2.00 bits per heavy atom. The van der Waals surface area contributed by atoms with E-state index in [9.17, 15) is 14.4 Å². The maximum absolute atomic E-state index is 11.9. The first-order valence-corrected chi connectivity index (χ1v) is 6.94. The maximum atomic E-state index is 11.9. The van der Waals surface area contributed by atoms with Gasteiger partial charge in [0.25, 0.3) is 0 Å². The van der Waals surface area contributed by atoms with Gasteiger partial charge in [0.05, 0.1) is 12.5 Å². The molecule has 0 aromatic heterocycles. The van der Waals surface area contributed by atoms with Crippen molar-refractivity contribution in [2.24, 2.45) is 5.92 Å². The number of hydrogen-bond acceptors (Lipinski definition) is 4. The molecule has 7 heteroatoms. The third-order valence-electron chi connectivity index (χ3n) is 3.77. The highest BCUT2D eigenvalue weighted by Crippen LogP contribution is 2.17. The third-order valence-corrected chi connectivity index (χ3v) is 3.77. The van der Waals surface area contributed by atoms with Gasteiger partial charge in [0, 0.05) is 32.2 Å². The van der Waals surface area contributed by atoms with Crippen LogP contribution < -0.4 is 5.32 Å². The van der Waals surface area contributed by atoms with Gasteiger partial charge in [0.2, 0.25) is 11.8 Å². The van der Waals surface area contributed by atoms with Crippen LogP contribution in [0.1, 0.15) is 25.7 Å². The van der Waals surface area contributed by atoms with Crippen molar-refractivity contribution in [1.29, 1.82) is 0 Å². The Hall–Kier alpha value is -1.63. The highest BCUT2D eigenvalue weighted by atomic mass is 16.5. The molecule has 2 heterocycles. The van der Waals surface area contributed by atoms with Crippen LogP contribution in [0.15, 0.2) is 0 Å². The molecule has 0 spiro atoms. The van der Waals surface area contributed by atoms with Crippen LogP contribution in [0, 0.1) is 5.92 Å². The molecule has 2 amide bonds. The van der Waals surface area contributed by atoms with E-state index in [1.807, 2.05) is 0 Å². The fourth-order valence-corrected chi connectivity index (χ4v) is 2.56. The molecule has 2 N–H and O–H groups in total. The largest absolute Gasteiger partial charge is 0.481 e. The van der Waals surface area contributed by atoms with Crippen molar-refractivity contribution >= 4 is 17.8 Å². The van der Waals surface area contributed by atoms with E-state index in [1.54, 1.807) is 0 Å². The monoisotopic (exact) mass is 284 g/mol. The fraction of sp³-hybridized carbons (Fsp3) is 0.769. The van der Waals surface area contributed by atoms with Gasteiger partial charge in [-0.2, -0.15) is 0 Å².